The number of benzene rings is 3. The first-order valence-electron chi connectivity index (χ1n) is 10.7. The average molecular weight is 403 g/mol. The van der Waals surface area contributed by atoms with E-state index in [4.69, 9.17) is 0 Å². The smallest absolute Gasteiger partial charge is 0.193 e. The van der Waals surface area contributed by atoms with Gasteiger partial charge in [0.15, 0.2) is 5.78 Å². The first-order chi connectivity index (χ1) is 14.3. The number of aromatic hydroxyl groups is 1. The Kier molecular flexibility index (Phi) is 8.41. The molecule has 0 aliphatic rings. The van der Waals surface area contributed by atoms with Gasteiger partial charge in [-0.3, -0.25) is 4.79 Å². The van der Waals surface area contributed by atoms with E-state index in [0.29, 0.717) is 5.75 Å². The number of phenols is 1. The van der Waals surface area contributed by atoms with Crippen molar-refractivity contribution in [3.63, 3.8) is 0 Å². The van der Waals surface area contributed by atoms with Gasteiger partial charge in [0.1, 0.15) is 5.75 Å². The summed E-state index contributed by atoms with van der Waals surface area (Å²) < 4.78 is 0. The molecule has 1 N–H and O–H groups in total. The molecule has 0 aliphatic carbocycles. The lowest BCUT2D eigenvalue weighted by atomic mass is 9.91. The fraction of sp³-hybridized carbons (Fsp3) is 0.321. The van der Waals surface area contributed by atoms with Crippen LogP contribution in [0.5, 0.6) is 5.75 Å². The number of carbonyl (C=O) groups excluding carboxylic acids is 1. The zero-order chi connectivity index (χ0) is 22.3. The van der Waals surface area contributed by atoms with Gasteiger partial charge >= 0.3 is 0 Å². The van der Waals surface area contributed by atoms with Crippen LogP contribution in [0.15, 0.2) is 54.6 Å². The fourth-order valence-electron chi connectivity index (χ4n) is 3.60. The van der Waals surface area contributed by atoms with Gasteiger partial charge in [-0.05, 0) is 80.8 Å². The van der Waals surface area contributed by atoms with Crippen LogP contribution in [-0.4, -0.2) is 10.9 Å². The molecule has 0 saturated heterocycles. The number of hydrogen-bond donors (Lipinski definition) is 1. The molecule has 0 aromatic heterocycles. The second kappa shape index (κ2) is 10.8. The number of aryl methyl sites for hydroxylation is 1. The predicted molar refractivity (Wildman–Crippen MR) is 127 cm³/mol. The summed E-state index contributed by atoms with van der Waals surface area (Å²) in [5, 5.41) is 10.1. The Morgan fingerprint density at radius 2 is 1.33 bits per heavy atom. The largest absolute Gasteiger partial charge is 0.507 e. The van der Waals surface area contributed by atoms with Crippen LogP contribution < -0.4 is 0 Å². The van der Waals surface area contributed by atoms with Crippen LogP contribution >= 0.6 is 0 Å². The first kappa shape index (κ1) is 23.4. The van der Waals surface area contributed by atoms with Crippen LogP contribution in [0.3, 0.4) is 0 Å². The molecule has 3 aromatic rings. The molecule has 2 heteroatoms. The van der Waals surface area contributed by atoms with Crippen molar-refractivity contribution in [2.45, 2.75) is 60.8 Å². The summed E-state index contributed by atoms with van der Waals surface area (Å²) in [7, 11) is 0. The number of unbranched alkanes of at least 4 members (excludes halogenated alkanes) is 1. The van der Waals surface area contributed by atoms with Gasteiger partial charge in [-0.2, -0.15) is 0 Å². The molecule has 0 amide bonds. The molecule has 0 atom stereocenters. The van der Waals surface area contributed by atoms with Crippen LogP contribution in [0, 0.1) is 34.6 Å². The zero-order valence-corrected chi connectivity index (χ0v) is 19.2. The molecule has 0 fully saturated rings. The number of carbonyl (C=O) groups is 1. The third kappa shape index (κ3) is 5.38. The van der Waals surface area contributed by atoms with E-state index in [1.165, 1.54) is 23.1 Å². The molecule has 0 bridgehead atoms. The molecule has 158 valence electrons. The lowest BCUT2D eigenvalue weighted by Gasteiger charge is -2.16. The highest BCUT2D eigenvalue weighted by atomic mass is 16.3. The Bertz CT molecular complexity index is 972. The maximum absolute atomic E-state index is 12.1. The van der Waals surface area contributed by atoms with Crippen molar-refractivity contribution in [3.8, 4) is 5.75 Å². The molecular formula is C28H34O2. The van der Waals surface area contributed by atoms with Crippen molar-refractivity contribution >= 4 is 5.78 Å². The molecule has 0 unspecified atom stereocenters. The Balaban J connectivity index is 0.000000214. The number of phenolic OH excluding ortho intramolecular Hbond substituents is 1. The number of ketones is 1. The van der Waals surface area contributed by atoms with E-state index >= 15 is 0 Å². The van der Waals surface area contributed by atoms with Gasteiger partial charge in [0.05, 0.1) is 0 Å². The Morgan fingerprint density at radius 3 is 1.93 bits per heavy atom. The van der Waals surface area contributed by atoms with Crippen LogP contribution in [0.1, 0.15) is 69.1 Å². The Labute approximate surface area is 181 Å². The van der Waals surface area contributed by atoms with Crippen LogP contribution in [0.25, 0.3) is 0 Å². The topological polar surface area (TPSA) is 37.3 Å². The van der Waals surface area contributed by atoms with E-state index in [2.05, 4.69) is 27.7 Å². The van der Waals surface area contributed by atoms with Crippen molar-refractivity contribution in [2.75, 3.05) is 0 Å². The summed E-state index contributed by atoms with van der Waals surface area (Å²) in [6, 6.07) is 17.0. The van der Waals surface area contributed by atoms with Crippen molar-refractivity contribution in [2.24, 2.45) is 0 Å². The van der Waals surface area contributed by atoms with Crippen LogP contribution in [-0.2, 0) is 6.42 Å². The van der Waals surface area contributed by atoms with E-state index in [-0.39, 0.29) is 5.78 Å². The molecule has 0 radical (unpaired) electrons. The van der Waals surface area contributed by atoms with E-state index in [0.717, 1.165) is 40.7 Å². The number of hydrogen-bond acceptors (Lipinski definition) is 2. The van der Waals surface area contributed by atoms with Gasteiger partial charge in [0.2, 0.25) is 0 Å². The third-order valence-corrected chi connectivity index (χ3v) is 5.99. The molecule has 3 rings (SSSR count). The van der Waals surface area contributed by atoms with Gasteiger partial charge in [0.25, 0.3) is 0 Å². The molecule has 0 spiro atoms. The van der Waals surface area contributed by atoms with Crippen molar-refractivity contribution in [1.82, 2.24) is 0 Å². The van der Waals surface area contributed by atoms with Crippen molar-refractivity contribution in [3.05, 3.63) is 99.1 Å². The predicted octanol–water partition coefficient (Wildman–Crippen LogP) is 7.19. The minimum Gasteiger partial charge on any atom is -0.507 e. The fourth-order valence-corrected chi connectivity index (χ4v) is 3.60. The highest BCUT2D eigenvalue weighted by molar-refractivity contribution is 6.09. The summed E-state index contributed by atoms with van der Waals surface area (Å²) in [4.78, 5) is 12.1. The van der Waals surface area contributed by atoms with Crippen molar-refractivity contribution in [1.29, 1.82) is 0 Å². The van der Waals surface area contributed by atoms with Gasteiger partial charge < -0.3 is 5.11 Å². The van der Waals surface area contributed by atoms with Gasteiger partial charge in [-0.1, -0.05) is 67.9 Å². The summed E-state index contributed by atoms with van der Waals surface area (Å²) in [5.74, 6) is 0.609. The standard InChI is InChI=1S/C14H12O.C14H22O/c1-11-7-5-6-10-13(11)14(15)12-8-3-2-4-9-12;1-6-7-8-13-11(4)9(2)10(3)12(5)14(13)15/h2-10H,1H3;15H,6-8H2,1-5H3. The summed E-state index contributed by atoms with van der Waals surface area (Å²) in [6.07, 6.45) is 3.32. The lowest BCUT2D eigenvalue weighted by Crippen LogP contribution is -2.02. The molecule has 0 aliphatic heterocycles. The molecule has 0 saturated carbocycles. The lowest BCUT2D eigenvalue weighted by molar-refractivity contribution is 0.103. The van der Waals surface area contributed by atoms with Crippen molar-refractivity contribution < 1.29 is 9.90 Å². The zero-order valence-electron chi connectivity index (χ0n) is 19.2. The van der Waals surface area contributed by atoms with Gasteiger partial charge in [-0.15, -0.1) is 0 Å². The van der Waals surface area contributed by atoms with E-state index in [1.54, 1.807) is 0 Å². The van der Waals surface area contributed by atoms with E-state index in [1.807, 2.05) is 68.4 Å². The monoisotopic (exact) mass is 402 g/mol. The normalized spacial score (nSPS) is 10.3. The van der Waals surface area contributed by atoms with E-state index in [9.17, 15) is 9.90 Å². The quantitative estimate of drug-likeness (QED) is 0.458. The van der Waals surface area contributed by atoms with Gasteiger partial charge in [0, 0.05) is 11.1 Å². The maximum Gasteiger partial charge on any atom is 0.193 e. The van der Waals surface area contributed by atoms with Crippen LogP contribution in [0.2, 0.25) is 0 Å². The summed E-state index contributed by atoms with van der Waals surface area (Å²) >= 11 is 0. The van der Waals surface area contributed by atoms with Gasteiger partial charge in [-0.25, -0.2) is 0 Å². The third-order valence-electron chi connectivity index (χ3n) is 5.99. The van der Waals surface area contributed by atoms with E-state index < -0.39 is 0 Å². The first-order valence-corrected chi connectivity index (χ1v) is 10.7. The Hall–Kier alpha value is -2.87. The minimum atomic E-state index is 0.0914. The number of rotatable bonds is 5. The maximum atomic E-state index is 12.1. The summed E-state index contributed by atoms with van der Waals surface area (Å²) in [6.45, 7) is 12.5. The second-order valence-corrected chi connectivity index (χ2v) is 7.94. The van der Waals surface area contributed by atoms with Crippen LogP contribution in [0.4, 0.5) is 0 Å². The molecule has 3 aromatic carbocycles. The minimum absolute atomic E-state index is 0.0914. The Morgan fingerprint density at radius 1 is 0.767 bits per heavy atom. The average Bonchev–Trinajstić information content (AvgIpc) is 2.77. The second-order valence-electron chi connectivity index (χ2n) is 7.94. The molecular weight excluding hydrogens is 368 g/mol. The molecule has 30 heavy (non-hydrogen) atoms. The molecule has 0 heterocycles. The summed E-state index contributed by atoms with van der Waals surface area (Å²) in [5.41, 5.74) is 8.56. The highest BCUT2D eigenvalue weighted by Crippen LogP contribution is 2.32. The molecule has 2 nitrogen and oxygen atoms in total. The highest BCUT2D eigenvalue weighted by Gasteiger charge is 2.13. The SMILES string of the molecule is CCCCc1c(C)c(C)c(C)c(C)c1O.Cc1ccccc1C(=O)c1ccccc1.